The van der Waals surface area contributed by atoms with Crippen LogP contribution < -0.4 is 15.1 Å². The van der Waals surface area contributed by atoms with Gasteiger partial charge >= 0.3 is 0 Å². The molecule has 2 aliphatic rings. The molecule has 9 nitrogen and oxygen atoms in total. The predicted molar refractivity (Wildman–Crippen MR) is 130 cm³/mol. The number of carbonyl (C=O) groups excluding carboxylic acids is 1. The molecule has 0 saturated carbocycles. The van der Waals surface area contributed by atoms with Gasteiger partial charge in [-0.25, -0.2) is 9.97 Å². The van der Waals surface area contributed by atoms with E-state index in [-0.39, 0.29) is 17.7 Å². The molecule has 3 aromatic rings. The van der Waals surface area contributed by atoms with Crippen molar-refractivity contribution < 1.29 is 13.9 Å². The zero-order chi connectivity index (χ0) is 23.5. The average molecular weight is 463 g/mol. The smallest absolute Gasteiger partial charge is 0.298 e. The summed E-state index contributed by atoms with van der Waals surface area (Å²) in [5, 5.41) is 3.29. The Morgan fingerprint density at radius 2 is 1.97 bits per heavy atom. The van der Waals surface area contributed by atoms with Gasteiger partial charge in [0.2, 0.25) is 5.95 Å². The number of ketones is 1. The number of rotatable bonds is 6. The van der Waals surface area contributed by atoms with Crippen LogP contribution in [0.1, 0.15) is 26.7 Å². The first-order valence-electron chi connectivity index (χ1n) is 11.9. The van der Waals surface area contributed by atoms with Gasteiger partial charge < -0.3 is 24.3 Å². The summed E-state index contributed by atoms with van der Waals surface area (Å²) in [4.78, 5) is 30.2. The van der Waals surface area contributed by atoms with Crippen molar-refractivity contribution in [3.8, 4) is 11.3 Å². The van der Waals surface area contributed by atoms with Gasteiger partial charge in [0, 0.05) is 43.5 Å². The normalized spacial score (nSPS) is 19.0. The van der Waals surface area contributed by atoms with Crippen LogP contribution in [-0.2, 0) is 9.53 Å². The lowest BCUT2D eigenvalue weighted by molar-refractivity contribution is -0.122. The summed E-state index contributed by atoms with van der Waals surface area (Å²) in [6, 6.07) is 10.1. The number of benzene rings is 1. The Balaban J connectivity index is 1.33. The molecule has 1 aromatic carbocycles. The maximum absolute atomic E-state index is 12.5. The molecule has 1 N–H and O–H groups in total. The van der Waals surface area contributed by atoms with Crippen molar-refractivity contribution in [3.05, 3.63) is 42.7 Å². The van der Waals surface area contributed by atoms with Crippen LogP contribution in [0.25, 0.3) is 11.3 Å². The zero-order valence-electron chi connectivity index (χ0n) is 19.6. The standard InChI is InChI=1S/C25H30N6O3/c1-17(2)23-20(32)7-4-10-31(23)25-27-16-21(34-25)18-5-3-6-19(15-18)28-24-26-9-8-22(29-24)30-11-13-33-14-12-30/h3,5-6,8-9,15-17,23H,4,7,10-14H2,1-2H3,(H,26,28,29). The minimum Gasteiger partial charge on any atom is -0.423 e. The van der Waals surface area contributed by atoms with E-state index in [0.29, 0.717) is 37.4 Å². The summed E-state index contributed by atoms with van der Waals surface area (Å²) < 4.78 is 11.6. The summed E-state index contributed by atoms with van der Waals surface area (Å²) in [6.45, 7) is 7.95. The maximum Gasteiger partial charge on any atom is 0.298 e. The molecule has 2 aromatic heterocycles. The predicted octanol–water partition coefficient (Wildman–Crippen LogP) is 3.91. The Morgan fingerprint density at radius 1 is 1.12 bits per heavy atom. The van der Waals surface area contributed by atoms with Gasteiger partial charge in [0.15, 0.2) is 11.5 Å². The fourth-order valence-corrected chi connectivity index (χ4v) is 4.62. The molecule has 2 fully saturated rings. The highest BCUT2D eigenvalue weighted by Gasteiger charge is 2.34. The molecule has 34 heavy (non-hydrogen) atoms. The molecule has 0 spiro atoms. The van der Waals surface area contributed by atoms with E-state index in [1.807, 2.05) is 35.2 Å². The molecule has 5 rings (SSSR count). The van der Waals surface area contributed by atoms with Crippen molar-refractivity contribution in [1.82, 2.24) is 15.0 Å². The highest BCUT2D eigenvalue weighted by Crippen LogP contribution is 2.31. The fraction of sp³-hybridized carbons (Fsp3) is 0.440. The van der Waals surface area contributed by atoms with Gasteiger partial charge in [-0.2, -0.15) is 4.98 Å². The van der Waals surface area contributed by atoms with Gasteiger partial charge in [0.25, 0.3) is 6.01 Å². The Hall–Kier alpha value is -3.46. The summed E-state index contributed by atoms with van der Waals surface area (Å²) in [6.07, 6.45) is 4.93. The van der Waals surface area contributed by atoms with Crippen molar-refractivity contribution in [3.63, 3.8) is 0 Å². The second-order valence-corrected chi connectivity index (χ2v) is 9.00. The van der Waals surface area contributed by atoms with Crippen molar-refractivity contribution in [2.45, 2.75) is 32.7 Å². The first-order valence-corrected chi connectivity index (χ1v) is 11.9. The number of aromatic nitrogens is 3. The first-order chi connectivity index (χ1) is 16.6. The summed E-state index contributed by atoms with van der Waals surface area (Å²) >= 11 is 0. The number of nitrogens with zero attached hydrogens (tertiary/aromatic N) is 5. The summed E-state index contributed by atoms with van der Waals surface area (Å²) in [5.74, 6) is 2.52. The number of Topliss-reactive ketones (excluding diaryl/α,β-unsaturated/α-hetero) is 1. The number of nitrogens with one attached hydrogen (secondary N) is 1. The Labute approximate surface area is 199 Å². The third kappa shape index (κ3) is 4.75. The molecule has 1 atom stereocenters. The van der Waals surface area contributed by atoms with E-state index in [1.165, 1.54) is 0 Å². The molecule has 0 aliphatic carbocycles. The quantitative estimate of drug-likeness (QED) is 0.585. The van der Waals surface area contributed by atoms with E-state index in [2.05, 4.69) is 39.0 Å². The zero-order valence-corrected chi connectivity index (χ0v) is 19.6. The minimum atomic E-state index is -0.191. The van der Waals surface area contributed by atoms with Gasteiger partial charge in [-0.05, 0) is 30.5 Å². The highest BCUT2D eigenvalue weighted by molar-refractivity contribution is 5.88. The lowest BCUT2D eigenvalue weighted by atomic mass is 9.92. The van der Waals surface area contributed by atoms with Crippen molar-refractivity contribution in [2.24, 2.45) is 5.92 Å². The Bertz CT molecular complexity index is 1140. The molecule has 2 saturated heterocycles. The first kappa shape index (κ1) is 22.3. The monoisotopic (exact) mass is 462 g/mol. The van der Waals surface area contributed by atoms with Gasteiger partial charge in [0.1, 0.15) is 5.82 Å². The average Bonchev–Trinajstić information content (AvgIpc) is 3.35. The molecule has 0 radical (unpaired) electrons. The molecule has 0 amide bonds. The second kappa shape index (κ2) is 9.80. The van der Waals surface area contributed by atoms with E-state index < -0.39 is 0 Å². The number of carbonyl (C=O) groups is 1. The number of morpholine rings is 1. The Morgan fingerprint density at radius 3 is 2.79 bits per heavy atom. The van der Waals surface area contributed by atoms with Crippen LogP contribution in [0.4, 0.5) is 23.5 Å². The number of piperidine rings is 1. The topological polar surface area (TPSA) is 96.6 Å². The molecule has 4 heterocycles. The lowest BCUT2D eigenvalue weighted by Crippen LogP contribution is -2.49. The van der Waals surface area contributed by atoms with Crippen LogP contribution in [0, 0.1) is 5.92 Å². The molecular formula is C25H30N6O3. The molecule has 2 aliphatic heterocycles. The van der Waals surface area contributed by atoms with Crippen LogP contribution in [0.15, 0.2) is 47.1 Å². The van der Waals surface area contributed by atoms with Crippen molar-refractivity contribution >= 4 is 29.3 Å². The third-order valence-electron chi connectivity index (χ3n) is 6.24. The Kier molecular flexibility index (Phi) is 6.44. The van der Waals surface area contributed by atoms with Gasteiger partial charge in [-0.15, -0.1) is 0 Å². The van der Waals surface area contributed by atoms with Gasteiger partial charge in [0.05, 0.1) is 25.5 Å². The van der Waals surface area contributed by atoms with Crippen molar-refractivity contribution in [2.75, 3.05) is 48.0 Å². The highest BCUT2D eigenvalue weighted by atomic mass is 16.5. The maximum atomic E-state index is 12.5. The second-order valence-electron chi connectivity index (χ2n) is 9.00. The molecule has 0 bridgehead atoms. The number of anilines is 4. The van der Waals surface area contributed by atoms with Crippen LogP contribution in [0.3, 0.4) is 0 Å². The molecule has 1 unspecified atom stereocenters. The fourth-order valence-electron chi connectivity index (χ4n) is 4.62. The van der Waals surface area contributed by atoms with E-state index in [9.17, 15) is 4.79 Å². The van der Waals surface area contributed by atoms with E-state index in [1.54, 1.807) is 12.4 Å². The third-order valence-corrected chi connectivity index (χ3v) is 6.24. The number of ether oxygens (including phenoxy) is 1. The molecule has 9 heteroatoms. The van der Waals surface area contributed by atoms with Crippen LogP contribution in [0.5, 0.6) is 0 Å². The number of hydrogen-bond donors (Lipinski definition) is 1. The number of hydrogen-bond acceptors (Lipinski definition) is 9. The van der Waals surface area contributed by atoms with Gasteiger partial charge in [-0.1, -0.05) is 26.0 Å². The van der Waals surface area contributed by atoms with Crippen LogP contribution in [-0.4, -0.2) is 59.6 Å². The van der Waals surface area contributed by atoms with E-state index in [4.69, 9.17) is 9.15 Å². The minimum absolute atomic E-state index is 0.191. The lowest BCUT2D eigenvalue weighted by Gasteiger charge is -2.35. The molecule has 178 valence electrons. The van der Waals surface area contributed by atoms with Gasteiger partial charge in [-0.3, -0.25) is 4.79 Å². The van der Waals surface area contributed by atoms with Crippen LogP contribution in [0.2, 0.25) is 0 Å². The van der Waals surface area contributed by atoms with E-state index in [0.717, 1.165) is 43.1 Å². The SMILES string of the molecule is CC(C)C1C(=O)CCCN1c1ncc(-c2cccc(Nc3nccc(N4CCOCC4)n3)c2)o1. The largest absolute Gasteiger partial charge is 0.423 e. The van der Waals surface area contributed by atoms with E-state index >= 15 is 0 Å². The number of oxazole rings is 1. The molecular weight excluding hydrogens is 432 g/mol. The van der Waals surface area contributed by atoms with Crippen LogP contribution >= 0.6 is 0 Å². The summed E-state index contributed by atoms with van der Waals surface area (Å²) in [5.41, 5.74) is 1.74. The van der Waals surface area contributed by atoms with Crippen molar-refractivity contribution in [1.29, 1.82) is 0 Å². The summed E-state index contributed by atoms with van der Waals surface area (Å²) in [7, 11) is 0.